The lowest BCUT2D eigenvalue weighted by Crippen LogP contribution is -2.34. The van der Waals surface area contributed by atoms with E-state index in [1.54, 1.807) is 17.3 Å². The molecular formula is C21H23N3O2. The normalized spacial score (nSPS) is 20.1. The van der Waals surface area contributed by atoms with Crippen LogP contribution in [0.1, 0.15) is 42.5 Å². The molecule has 1 aromatic heterocycles. The monoisotopic (exact) mass is 349 g/mol. The molecule has 1 fully saturated rings. The predicted molar refractivity (Wildman–Crippen MR) is 99.7 cm³/mol. The molecule has 134 valence electrons. The van der Waals surface area contributed by atoms with Gasteiger partial charge in [-0.15, -0.1) is 0 Å². The molecule has 4 rings (SSSR count). The maximum Gasteiger partial charge on any atom is 0.227 e. The number of rotatable bonds is 4. The molecule has 1 aliphatic heterocycles. The fourth-order valence-corrected chi connectivity index (χ4v) is 3.93. The smallest absolute Gasteiger partial charge is 0.227 e. The second kappa shape index (κ2) is 6.90. The lowest BCUT2D eigenvalue weighted by Gasteiger charge is -2.19. The average molecular weight is 349 g/mol. The van der Waals surface area contributed by atoms with E-state index in [4.69, 9.17) is 0 Å². The summed E-state index contributed by atoms with van der Waals surface area (Å²) in [6.45, 7) is 2.40. The Morgan fingerprint density at radius 2 is 1.96 bits per heavy atom. The maximum absolute atomic E-state index is 12.6. The number of carbonyl (C=O) groups is 2. The molecule has 0 bridgehead atoms. The Morgan fingerprint density at radius 3 is 2.77 bits per heavy atom. The highest BCUT2D eigenvalue weighted by Crippen LogP contribution is 2.30. The van der Waals surface area contributed by atoms with Crippen LogP contribution in [0.3, 0.4) is 0 Å². The number of nitrogens with zero attached hydrogens (tertiary/aromatic N) is 2. The molecule has 2 atom stereocenters. The molecule has 5 nitrogen and oxygen atoms in total. The summed E-state index contributed by atoms with van der Waals surface area (Å²) >= 11 is 0. The molecule has 0 unspecified atom stereocenters. The van der Waals surface area contributed by atoms with E-state index in [0.717, 1.165) is 24.1 Å². The number of amides is 2. The molecular weight excluding hydrogens is 326 g/mol. The Labute approximate surface area is 153 Å². The predicted octanol–water partition coefficient (Wildman–Crippen LogP) is 2.80. The number of hydrogen-bond donors (Lipinski definition) is 1. The Bertz CT molecular complexity index is 834. The lowest BCUT2D eigenvalue weighted by atomic mass is 10.1. The Morgan fingerprint density at radius 1 is 1.19 bits per heavy atom. The third-order valence-electron chi connectivity index (χ3n) is 5.45. The Hall–Kier alpha value is -2.69. The van der Waals surface area contributed by atoms with Gasteiger partial charge in [0.1, 0.15) is 0 Å². The molecule has 26 heavy (non-hydrogen) atoms. The van der Waals surface area contributed by atoms with Gasteiger partial charge in [0, 0.05) is 31.0 Å². The first-order valence-electron chi connectivity index (χ1n) is 9.24. The molecule has 0 saturated carbocycles. The Kier molecular flexibility index (Phi) is 4.45. The van der Waals surface area contributed by atoms with Gasteiger partial charge in [0.2, 0.25) is 11.8 Å². The fourth-order valence-electron chi connectivity index (χ4n) is 3.93. The van der Waals surface area contributed by atoms with E-state index in [1.165, 1.54) is 17.5 Å². The van der Waals surface area contributed by atoms with Crippen molar-refractivity contribution in [2.24, 2.45) is 5.92 Å². The van der Waals surface area contributed by atoms with Gasteiger partial charge in [-0.1, -0.05) is 6.07 Å². The summed E-state index contributed by atoms with van der Waals surface area (Å²) in [6.07, 6.45) is 7.09. The first-order valence-corrected chi connectivity index (χ1v) is 9.24. The number of benzene rings is 1. The van der Waals surface area contributed by atoms with Crippen LogP contribution < -0.4 is 10.2 Å². The number of anilines is 1. The summed E-state index contributed by atoms with van der Waals surface area (Å²) in [5.74, 6) is -0.342. The molecule has 1 aliphatic carbocycles. The minimum atomic E-state index is -0.306. The van der Waals surface area contributed by atoms with Crippen LogP contribution in [-0.2, 0) is 22.4 Å². The summed E-state index contributed by atoms with van der Waals surface area (Å²) in [5.41, 5.74) is 4.66. The van der Waals surface area contributed by atoms with Gasteiger partial charge in [-0.25, -0.2) is 0 Å². The molecule has 2 aliphatic rings. The average Bonchev–Trinajstić information content (AvgIpc) is 3.28. The van der Waals surface area contributed by atoms with Gasteiger partial charge < -0.3 is 10.2 Å². The van der Waals surface area contributed by atoms with Gasteiger partial charge in [0.15, 0.2) is 0 Å². The SMILES string of the molecule is C[C@@H](NC(=O)[C@@H]1CC(=O)N(c2ccc3c(c2)CCC3)C1)c1ccncc1. The Balaban J connectivity index is 1.43. The molecule has 1 aromatic carbocycles. The second-order valence-electron chi connectivity index (χ2n) is 7.22. The minimum Gasteiger partial charge on any atom is -0.349 e. The number of carbonyl (C=O) groups excluding carboxylic acids is 2. The van der Waals surface area contributed by atoms with Crippen LogP contribution in [-0.4, -0.2) is 23.3 Å². The minimum absolute atomic E-state index is 0.0275. The number of fused-ring (bicyclic) bond motifs is 1. The first kappa shape index (κ1) is 16.8. The zero-order valence-corrected chi connectivity index (χ0v) is 14.9. The molecule has 2 amide bonds. The highest BCUT2D eigenvalue weighted by molar-refractivity contribution is 6.00. The number of aryl methyl sites for hydroxylation is 2. The van der Waals surface area contributed by atoms with E-state index in [-0.39, 0.29) is 30.2 Å². The van der Waals surface area contributed by atoms with Crippen molar-refractivity contribution in [1.82, 2.24) is 10.3 Å². The lowest BCUT2D eigenvalue weighted by molar-refractivity contribution is -0.126. The van der Waals surface area contributed by atoms with Gasteiger partial charge in [0.05, 0.1) is 12.0 Å². The van der Waals surface area contributed by atoms with Crippen LogP contribution in [0.5, 0.6) is 0 Å². The molecule has 2 aromatic rings. The highest BCUT2D eigenvalue weighted by atomic mass is 16.2. The van der Waals surface area contributed by atoms with Crippen molar-refractivity contribution in [1.29, 1.82) is 0 Å². The van der Waals surface area contributed by atoms with E-state index in [0.29, 0.717) is 6.54 Å². The van der Waals surface area contributed by atoms with Crippen molar-refractivity contribution in [3.8, 4) is 0 Å². The van der Waals surface area contributed by atoms with Gasteiger partial charge in [-0.05, 0) is 67.1 Å². The molecule has 2 heterocycles. The summed E-state index contributed by atoms with van der Waals surface area (Å²) < 4.78 is 0. The molecule has 1 saturated heterocycles. The zero-order chi connectivity index (χ0) is 18.1. The van der Waals surface area contributed by atoms with Crippen molar-refractivity contribution in [2.45, 2.75) is 38.6 Å². The van der Waals surface area contributed by atoms with Gasteiger partial charge in [-0.2, -0.15) is 0 Å². The van der Waals surface area contributed by atoms with Crippen molar-refractivity contribution in [2.75, 3.05) is 11.4 Å². The molecule has 0 radical (unpaired) electrons. The van der Waals surface area contributed by atoms with Gasteiger partial charge in [0.25, 0.3) is 0 Å². The number of pyridine rings is 1. The standard InChI is InChI=1S/C21H23N3O2/c1-14(15-7-9-22-10-8-15)23-21(26)18-12-20(25)24(13-18)19-6-5-16-3-2-4-17(16)11-19/h5-11,14,18H,2-4,12-13H2,1H3,(H,23,26)/t14-,18-/m1/s1. The summed E-state index contributed by atoms with van der Waals surface area (Å²) in [5, 5.41) is 3.03. The molecule has 1 N–H and O–H groups in total. The summed E-state index contributed by atoms with van der Waals surface area (Å²) in [7, 11) is 0. The van der Waals surface area contributed by atoms with E-state index in [9.17, 15) is 9.59 Å². The molecule has 0 spiro atoms. The van der Waals surface area contributed by atoms with Crippen molar-refractivity contribution < 1.29 is 9.59 Å². The maximum atomic E-state index is 12.6. The van der Waals surface area contributed by atoms with E-state index < -0.39 is 0 Å². The summed E-state index contributed by atoms with van der Waals surface area (Å²) in [4.78, 5) is 30.9. The topological polar surface area (TPSA) is 62.3 Å². The van der Waals surface area contributed by atoms with Crippen molar-refractivity contribution >= 4 is 17.5 Å². The van der Waals surface area contributed by atoms with Crippen LogP contribution >= 0.6 is 0 Å². The van der Waals surface area contributed by atoms with Crippen LogP contribution in [0.2, 0.25) is 0 Å². The van der Waals surface area contributed by atoms with Gasteiger partial charge in [-0.3, -0.25) is 14.6 Å². The number of nitrogens with one attached hydrogen (secondary N) is 1. The largest absolute Gasteiger partial charge is 0.349 e. The van der Waals surface area contributed by atoms with Crippen LogP contribution in [0, 0.1) is 5.92 Å². The van der Waals surface area contributed by atoms with Crippen molar-refractivity contribution in [3.63, 3.8) is 0 Å². The second-order valence-corrected chi connectivity index (χ2v) is 7.22. The van der Waals surface area contributed by atoms with Crippen LogP contribution in [0.4, 0.5) is 5.69 Å². The highest BCUT2D eigenvalue weighted by Gasteiger charge is 2.35. The van der Waals surface area contributed by atoms with Crippen LogP contribution in [0.25, 0.3) is 0 Å². The van der Waals surface area contributed by atoms with E-state index in [2.05, 4.69) is 22.4 Å². The number of hydrogen-bond acceptors (Lipinski definition) is 3. The third-order valence-corrected chi connectivity index (χ3v) is 5.45. The fraction of sp³-hybridized carbons (Fsp3) is 0.381. The third kappa shape index (κ3) is 3.21. The van der Waals surface area contributed by atoms with Crippen molar-refractivity contribution in [3.05, 3.63) is 59.4 Å². The molecule has 5 heteroatoms. The quantitative estimate of drug-likeness (QED) is 0.923. The van der Waals surface area contributed by atoms with E-state index in [1.807, 2.05) is 25.1 Å². The summed E-state index contributed by atoms with van der Waals surface area (Å²) in [6, 6.07) is 9.95. The number of aromatic nitrogens is 1. The zero-order valence-electron chi connectivity index (χ0n) is 14.9. The van der Waals surface area contributed by atoms with Crippen LogP contribution in [0.15, 0.2) is 42.7 Å². The van der Waals surface area contributed by atoms with Gasteiger partial charge >= 0.3 is 0 Å². The first-order chi connectivity index (χ1) is 12.6. The van der Waals surface area contributed by atoms with E-state index >= 15 is 0 Å².